The fourth-order valence-corrected chi connectivity index (χ4v) is 8.12. The first-order valence-electron chi connectivity index (χ1n) is 25.4. The Bertz CT molecular complexity index is 754. The Morgan fingerprint density at radius 3 is 0.945 bits per heavy atom. The van der Waals surface area contributed by atoms with E-state index in [1.54, 1.807) is 6.08 Å². The third-order valence-electron chi connectivity index (χ3n) is 12.0. The van der Waals surface area contributed by atoms with Crippen molar-refractivity contribution in [3.8, 4) is 0 Å². The van der Waals surface area contributed by atoms with Gasteiger partial charge in [0, 0.05) is 6.42 Å². The first-order chi connectivity index (χ1) is 27.2. The van der Waals surface area contributed by atoms with Gasteiger partial charge in [0.1, 0.15) is 0 Å². The molecule has 0 unspecified atom stereocenters. The highest BCUT2D eigenvalue weighted by atomic mass is 16.3. The lowest BCUT2D eigenvalue weighted by atomic mass is 10.0. The zero-order chi connectivity index (χ0) is 40.0. The van der Waals surface area contributed by atoms with Crippen molar-refractivity contribution in [3.63, 3.8) is 0 Å². The molecule has 0 saturated heterocycles. The molecular weight excluding hydrogens is 675 g/mol. The number of aliphatic hydroxyl groups is 2. The van der Waals surface area contributed by atoms with E-state index < -0.39 is 12.1 Å². The molecule has 4 heteroatoms. The molecule has 0 aromatic carbocycles. The second kappa shape index (κ2) is 47.5. The summed E-state index contributed by atoms with van der Waals surface area (Å²) in [6, 6.07) is -0.616. The zero-order valence-corrected chi connectivity index (χ0v) is 37.7. The van der Waals surface area contributed by atoms with E-state index in [1.807, 2.05) is 6.08 Å². The molecule has 0 rings (SSSR count). The monoisotopic (exact) mass is 776 g/mol. The van der Waals surface area contributed by atoms with Crippen molar-refractivity contribution in [1.82, 2.24) is 5.32 Å². The molecule has 0 radical (unpaired) electrons. The maximum atomic E-state index is 12.4. The summed E-state index contributed by atoms with van der Waals surface area (Å²) in [7, 11) is 0. The van der Waals surface area contributed by atoms with Gasteiger partial charge in [-0.1, -0.05) is 276 Å². The number of hydrogen-bond donors (Lipinski definition) is 3. The Balaban J connectivity index is 3.38. The lowest BCUT2D eigenvalue weighted by Gasteiger charge is -2.20. The van der Waals surface area contributed by atoms with E-state index in [9.17, 15) is 15.0 Å². The third kappa shape index (κ3) is 44.1. The van der Waals surface area contributed by atoms with E-state index >= 15 is 0 Å². The molecule has 1 amide bonds. The number of carbonyl (C=O) groups is 1. The molecule has 0 aliphatic rings. The van der Waals surface area contributed by atoms with Crippen molar-refractivity contribution in [2.75, 3.05) is 6.61 Å². The Hall–Kier alpha value is -0.870. The van der Waals surface area contributed by atoms with Crippen LogP contribution < -0.4 is 5.32 Å². The van der Waals surface area contributed by atoms with Crippen LogP contribution >= 0.6 is 0 Å². The molecule has 2 atom stereocenters. The number of nitrogens with one attached hydrogen (secondary N) is 1. The zero-order valence-electron chi connectivity index (χ0n) is 37.7. The summed E-state index contributed by atoms with van der Waals surface area (Å²) in [6.45, 7) is 4.33. The van der Waals surface area contributed by atoms with E-state index in [0.717, 1.165) is 25.7 Å². The minimum atomic E-state index is -0.833. The van der Waals surface area contributed by atoms with Gasteiger partial charge < -0.3 is 15.5 Å². The number of amides is 1. The van der Waals surface area contributed by atoms with Gasteiger partial charge >= 0.3 is 0 Å². The van der Waals surface area contributed by atoms with Crippen molar-refractivity contribution in [2.45, 2.75) is 302 Å². The molecule has 0 spiro atoms. The van der Waals surface area contributed by atoms with E-state index in [0.29, 0.717) is 6.42 Å². The van der Waals surface area contributed by atoms with Crippen LogP contribution in [0.4, 0.5) is 0 Å². The maximum absolute atomic E-state index is 12.4. The summed E-state index contributed by atoms with van der Waals surface area (Å²) in [5.74, 6) is -0.0587. The summed E-state index contributed by atoms with van der Waals surface area (Å²) in [4.78, 5) is 12.4. The van der Waals surface area contributed by atoms with E-state index in [-0.39, 0.29) is 12.5 Å². The van der Waals surface area contributed by atoms with Crippen LogP contribution in [0.15, 0.2) is 12.2 Å². The lowest BCUT2D eigenvalue weighted by molar-refractivity contribution is -0.123. The molecule has 3 N–H and O–H groups in total. The predicted octanol–water partition coefficient (Wildman–Crippen LogP) is 16.2. The van der Waals surface area contributed by atoms with Crippen LogP contribution in [0.1, 0.15) is 290 Å². The average molecular weight is 776 g/mol. The number of allylic oxidation sites excluding steroid dienone is 1. The SMILES string of the molecule is CCCCCCCCCCCC/C=C/[C@@H](O)[C@H](CO)NC(=O)CCCCCCCCCCCCCCCCCCCCCCCCCCCCCCCCC. The number of hydrogen-bond acceptors (Lipinski definition) is 3. The van der Waals surface area contributed by atoms with Gasteiger partial charge in [0.05, 0.1) is 18.8 Å². The molecular formula is C51H101NO3. The highest BCUT2D eigenvalue weighted by molar-refractivity contribution is 5.76. The van der Waals surface area contributed by atoms with Gasteiger partial charge in [-0.25, -0.2) is 0 Å². The first kappa shape index (κ1) is 54.1. The van der Waals surface area contributed by atoms with Gasteiger partial charge in [-0.15, -0.1) is 0 Å². The van der Waals surface area contributed by atoms with Crippen LogP contribution in [0.2, 0.25) is 0 Å². The standard InChI is InChI=1S/C51H101NO3/c1-3-5-7-9-11-13-15-17-18-19-20-21-22-23-24-25-26-27-28-29-30-31-32-33-34-35-37-39-41-43-45-47-51(55)52-49(48-53)50(54)46-44-42-40-38-36-16-14-12-10-8-6-4-2/h44,46,49-50,53-54H,3-43,45,47-48H2,1-2H3,(H,52,55)/b46-44+/t49-,50+/m0/s1. The molecule has 0 aliphatic heterocycles. The second-order valence-electron chi connectivity index (χ2n) is 17.6. The molecule has 0 aromatic heterocycles. The van der Waals surface area contributed by atoms with Crippen molar-refractivity contribution >= 4 is 5.91 Å². The summed E-state index contributed by atoms with van der Waals surface area (Å²) < 4.78 is 0. The number of unbranched alkanes of at least 4 members (excludes halogenated alkanes) is 40. The smallest absolute Gasteiger partial charge is 0.220 e. The molecule has 4 nitrogen and oxygen atoms in total. The molecule has 0 heterocycles. The Morgan fingerprint density at radius 1 is 0.418 bits per heavy atom. The minimum Gasteiger partial charge on any atom is -0.394 e. The van der Waals surface area contributed by atoms with E-state index in [1.165, 1.54) is 244 Å². The van der Waals surface area contributed by atoms with E-state index in [4.69, 9.17) is 0 Å². The normalized spacial score (nSPS) is 12.9. The quantitative estimate of drug-likeness (QED) is 0.0426. The number of carbonyl (C=O) groups excluding carboxylic acids is 1. The molecule has 0 saturated carbocycles. The molecule has 328 valence electrons. The predicted molar refractivity (Wildman–Crippen MR) is 244 cm³/mol. The molecule has 0 aliphatic carbocycles. The van der Waals surface area contributed by atoms with Crippen LogP contribution in [-0.2, 0) is 4.79 Å². The van der Waals surface area contributed by atoms with Gasteiger partial charge in [0.2, 0.25) is 5.91 Å². The molecule has 0 bridgehead atoms. The Morgan fingerprint density at radius 2 is 0.673 bits per heavy atom. The van der Waals surface area contributed by atoms with Crippen molar-refractivity contribution < 1.29 is 15.0 Å². The first-order valence-corrected chi connectivity index (χ1v) is 25.4. The summed E-state index contributed by atoms with van der Waals surface area (Å²) in [5.41, 5.74) is 0. The largest absolute Gasteiger partial charge is 0.394 e. The van der Waals surface area contributed by atoms with Crippen molar-refractivity contribution in [3.05, 3.63) is 12.2 Å². The van der Waals surface area contributed by atoms with Gasteiger partial charge in [-0.05, 0) is 19.3 Å². The van der Waals surface area contributed by atoms with Crippen LogP contribution in [-0.4, -0.2) is 34.9 Å². The van der Waals surface area contributed by atoms with Gasteiger partial charge in [-0.3, -0.25) is 4.79 Å². The highest BCUT2D eigenvalue weighted by Gasteiger charge is 2.18. The van der Waals surface area contributed by atoms with Crippen LogP contribution in [0.25, 0.3) is 0 Å². The summed E-state index contributed by atoms with van der Waals surface area (Å²) in [5, 5.41) is 23.0. The van der Waals surface area contributed by atoms with Crippen molar-refractivity contribution in [2.24, 2.45) is 0 Å². The maximum Gasteiger partial charge on any atom is 0.220 e. The summed E-state index contributed by atoms with van der Waals surface area (Å²) in [6.07, 6.45) is 60.8. The average Bonchev–Trinajstić information content (AvgIpc) is 3.19. The van der Waals surface area contributed by atoms with Crippen LogP contribution in [0.5, 0.6) is 0 Å². The minimum absolute atomic E-state index is 0.0587. The molecule has 0 aromatic rings. The molecule has 55 heavy (non-hydrogen) atoms. The fourth-order valence-electron chi connectivity index (χ4n) is 8.12. The Kier molecular flexibility index (Phi) is 46.8. The number of aliphatic hydroxyl groups excluding tert-OH is 2. The van der Waals surface area contributed by atoms with Crippen molar-refractivity contribution in [1.29, 1.82) is 0 Å². The third-order valence-corrected chi connectivity index (χ3v) is 12.0. The lowest BCUT2D eigenvalue weighted by Crippen LogP contribution is -2.45. The topological polar surface area (TPSA) is 69.6 Å². The Labute approximate surface area is 346 Å². The van der Waals surface area contributed by atoms with Gasteiger partial charge in [0.15, 0.2) is 0 Å². The van der Waals surface area contributed by atoms with Gasteiger partial charge in [0.25, 0.3) is 0 Å². The van der Waals surface area contributed by atoms with Crippen LogP contribution in [0, 0.1) is 0 Å². The molecule has 0 fully saturated rings. The van der Waals surface area contributed by atoms with Crippen LogP contribution in [0.3, 0.4) is 0 Å². The van der Waals surface area contributed by atoms with E-state index in [2.05, 4.69) is 19.2 Å². The number of rotatable bonds is 47. The summed E-state index contributed by atoms with van der Waals surface area (Å²) >= 11 is 0. The highest BCUT2D eigenvalue weighted by Crippen LogP contribution is 2.17. The van der Waals surface area contributed by atoms with Gasteiger partial charge in [-0.2, -0.15) is 0 Å². The fraction of sp³-hybridized carbons (Fsp3) is 0.941. The second-order valence-corrected chi connectivity index (χ2v) is 17.6.